The maximum absolute atomic E-state index is 5.03. The second-order valence-electron chi connectivity index (χ2n) is 4.85. The number of ether oxygens (including phenoxy) is 1. The Kier molecular flexibility index (Phi) is 3.39. The molecule has 0 N–H and O–H groups in total. The fourth-order valence-corrected chi connectivity index (χ4v) is 2.27. The summed E-state index contributed by atoms with van der Waals surface area (Å²) in [4.78, 5) is 0. The van der Waals surface area contributed by atoms with Crippen molar-refractivity contribution < 1.29 is 4.74 Å². The van der Waals surface area contributed by atoms with Gasteiger partial charge in [0.05, 0.1) is 24.2 Å². The fourth-order valence-electron chi connectivity index (χ4n) is 2.27. The molecule has 2 heterocycles. The highest BCUT2D eigenvalue weighted by Crippen LogP contribution is 2.21. The molecule has 0 radical (unpaired) electrons. The standard InChI is InChI=1S/C16H16N4O/c1-11-9-12(2)20(19-11)14-6-4-5-13(10-14)15-7-8-16(21-3)18-17-15/h4-10H,1-3H3. The molecule has 0 saturated carbocycles. The van der Waals surface area contributed by atoms with E-state index in [1.165, 1.54) is 0 Å². The van der Waals surface area contributed by atoms with Crippen LogP contribution in [0.1, 0.15) is 11.4 Å². The minimum absolute atomic E-state index is 0.508. The first-order valence-electron chi connectivity index (χ1n) is 6.69. The van der Waals surface area contributed by atoms with Gasteiger partial charge in [0.1, 0.15) is 0 Å². The molecule has 0 unspecified atom stereocenters. The average Bonchev–Trinajstić information content (AvgIpc) is 2.86. The first-order chi connectivity index (χ1) is 10.2. The minimum Gasteiger partial charge on any atom is -0.480 e. The van der Waals surface area contributed by atoms with E-state index in [2.05, 4.69) is 27.4 Å². The van der Waals surface area contributed by atoms with Crippen molar-refractivity contribution in [2.24, 2.45) is 0 Å². The Bertz CT molecular complexity index is 762. The van der Waals surface area contributed by atoms with Gasteiger partial charge < -0.3 is 4.74 Å². The summed E-state index contributed by atoms with van der Waals surface area (Å²) < 4.78 is 6.96. The van der Waals surface area contributed by atoms with E-state index >= 15 is 0 Å². The van der Waals surface area contributed by atoms with Crippen molar-refractivity contribution in [2.45, 2.75) is 13.8 Å². The number of hydrogen-bond donors (Lipinski definition) is 0. The number of aromatic nitrogens is 4. The van der Waals surface area contributed by atoms with Crippen LogP contribution in [-0.2, 0) is 0 Å². The first-order valence-corrected chi connectivity index (χ1v) is 6.69. The quantitative estimate of drug-likeness (QED) is 0.740. The van der Waals surface area contributed by atoms with Crippen LogP contribution in [0, 0.1) is 13.8 Å². The molecule has 0 saturated heterocycles. The molecule has 21 heavy (non-hydrogen) atoms. The van der Waals surface area contributed by atoms with Gasteiger partial charge in [-0.25, -0.2) is 4.68 Å². The summed E-state index contributed by atoms with van der Waals surface area (Å²) in [5, 5.41) is 12.7. The van der Waals surface area contributed by atoms with E-state index in [1.807, 2.05) is 42.8 Å². The highest BCUT2D eigenvalue weighted by Gasteiger charge is 2.06. The number of nitrogens with zero attached hydrogens (tertiary/aromatic N) is 4. The van der Waals surface area contributed by atoms with Crippen LogP contribution in [0.15, 0.2) is 42.5 Å². The summed E-state index contributed by atoms with van der Waals surface area (Å²) in [7, 11) is 1.58. The molecule has 1 aromatic carbocycles. The first kappa shape index (κ1) is 13.3. The van der Waals surface area contributed by atoms with Crippen LogP contribution in [0.5, 0.6) is 5.88 Å². The van der Waals surface area contributed by atoms with Crippen molar-refractivity contribution in [1.82, 2.24) is 20.0 Å². The molecule has 0 amide bonds. The average molecular weight is 280 g/mol. The van der Waals surface area contributed by atoms with E-state index in [0.717, 1.165) is 28.3 Å². The summed E-state index contributed by atoms with van der Waals surface area (Å²) in [6.07, 6.45) is 0. The third-order valence-electron chi connectivity index (χ3n) is 3.25. The van der Waals surface area contributed by atoms with E-state index < -0.39 is 0 Å². The number of hydrogen-bond acceptors (Lipinski definition) is 4. The lowest BCUT2D eigenvalue weighted by Crippen LogP contribution is -1.99. The molecule has 0 fully saturated rings. The zero-order chi connectivity index (χ0) is 14.8. The van der Waals surface area contributed by atoms with E-state index in [9.17, 15) is 0 Å². The summed E-state index contributed by atoms with van der Waals surface area (Å²) in [5.41, 5.74) is 4.91. The predicted molar refractivity (Wildman–Crippen MR) is 80.6 cm³/mol. The molecular weight excluding hydrogens is 264 g/mol. The lowest BCUT2D eigenvalue weighted by Gasteiger charge is -2.07. The Morgan fingerprint density at radius 3 is 2.48 bits per heavy atom. The summed E-state index contributed by atoms with van der Waals surface area (Å²) in [6, 6.07) is 13.8. The topological polar surface area (TPSA) is 52.8 Å². The second kappa shape index (κ2) is 5.36. The lowest BCUT2D eigenvalue weighted by atomic mass is 10.1. The van der Waals surface area contributed by atoms with Gasteiger partial charge >= 0.3 is 0 Å². The second-order valence-corrected chi connectivity index (χ2v) is 4.85. The predicted octanol–water partition coefficient (Wildman–Crippen LogP) is 2.95. The molecule has 3 aromatic rings. The molecule has 0 spiro atoms. The van der Waals surface area contributed by atoms with Crippen LogP contribution in [0.25, 0.3) is 16.9 Å². The maximum Gasteiger partial charge on any atom is 0.233 e. The van der Waals surface area contributed by atoms with Gasteiger partial charge in [-0.1, -0.05) is 12.1 Å². The fraction of sp³-hybridized carbons (Fsp3) is 0.188. The van der Waals surface area contributed by atoms with Crippen molar-refractivity contribution in [3.63, 3.8) is 0 Å². The molecule has 0 bridgehead atoms. The molecule has 0 atom stereocenters. The summed E-state index contributed by atoms with van der Waals surface area (Å²) in [6.45, 7) is 4.03. The van der Waals surface area contributed by atoms with Crippen LogP contribution in [0.3, 0.4) is 0 Å². The number of methoxy groups -OCH3 is 1. The molecule has 0 aliphatic heterocycles. The van der Waals surface area contributed by atoms with Gasteiger partial charge in [0.25, 0.3) is 0 Å². The normalized spacial score (nSPS) is 10.6. The number of benzene rings is 1. The van der Waals surface area contributed by atoms with Crippen LogP contribution in [-0.4, -0.2) is 27.1 Å². The molecule has 5 heteroatoms. The molecule has 2 aromatic heterocycles. The van der Waals surface area contributed by atoms with Crippen molar-refractivity contribution in [3.05, 3.63) is 53.9 Å². The zero-order valence-corrected chi connectivity index (χ0v) is 12.2. The molecule has 0 aliphatic rings. The molecule has 5 nitrogen and oxygen atoms in total. The summed E-state index contributed by atoms with van der Waals surface area (Å²) in [5.74, 6) is 0.508. The van der Waals surface area contributed by atoms with E-state index in [4.69, 9.17) is 4.74 Å². The van der Waals surface area contributed by atoms with Crippen molar-refractivity contribution in [3.8, 4) is 22.8 Å². The third-order valence-corrected chi connectivity index (χ3v) is 3.25. The molecule has 106 valence electrons. The third kappa shape index (κ3) is 2.63. The highest BCUT2D eigenvalue weighted by atomic mass is 16.5. The van der Waals surface area contributed by atoms with Crippen LogP contribution in [0.4, 0.5) is 0 Å². The Labute approximate surface area is 123 Å². The van der Waals surface area contributed by atoms with Gasteiger partial charge in [0, 0.05) is 17.3 Å². The lowest BCUT2D eigenvalue weighted by molar-refractivity contribution is 0.392. The zero-order valence-electron chi connectivity index (χ0n) is 12.2. The molecule has 0 aliphatic carbocycles. The SMILES string of the molecule is COc1ccc(-c2cccc(-n3nc(C)cc3C)c2)nn1. The largest absolute Gasteiger partial charge is 0.480 e. The summed E-state index contributed by atoms with van der Waals surface area (Å²) >= 11 is 0. The van der Waals surface area contributed by atoms with E-state index in [-0.39, 0.29) is 0 Å². The monoisotopic (exact) mass is 280 g/mol. The van der Waals surface area contributed by atoms with Crippen molar-refractivity contribution >= 4 is 0 Å². The van der Waals surface area contributed by atoms with Gasteiger partial charge in [-0.2, -0.15) is 5.10 Å². The van der Waals surface area contributed by atoms with Crippen LogP contribution >= 0.6 is 0 Å². The van der Waals surface area contributed by atoms with E-state index in [0.29, 0.717) is 5.88 Å². The molecule has 3 rings (SSSR count). The Morgan fingerprint density at radius 1 is 1.00 bits per heavy atom. The van der Waals surface area contributed by atoms with E-state index in [1.54, 1.807) is 13.2 Å². The van der Waals surface area contributed by atoms with Crippen LogP contribution < -0.4 is 4.74 Å². The number of rotatable bonds is 3. The number of aryl methyl sites for hydroxylation is 2. The maximum atomic E-state index is 5.03. The van der Waals surface area contributed by atoms with Crippen molar-refractivity contribution in [2.75, 3.05) is 7.11 Å². The smallest absolute Gasteiger partial charge is 0.233 e. The minimum atomic E-state index is 0.508. The van der Waals surface area contributed by atoms with Gasteiger partial charge in [-0.3, -0.25) is 0 Å². The molecular formula is C16H16N4O. The van der Waals surface area contributed by atoms with Crippen LogP contribution in [0.2, 0.25) is 0 Å². The van der Waals surface area contributed by atoms with Gasteiger partial charge in [0.15, 0.2) is 0 Å². The van der Waals surface area contributed by atoms with Gasteiger partial charge in [-0.05, 0) is 38.1 Å². The van der Waals surface area contributed by atoms with Gasteiger partial charge in [0.2, 0.25) is 5.88 Å². The highest BCUT2D eigenvalue weighted by molar-refractivity contribution is 5.62. The Hall–Kier alpha value is -2.69. The van der Waals surface area contributed by atoms with Crippen molar-refractivity contribution in [1.29, 1.82) is 0 Å². The Balaban J connectivity index is 2.01. The Morgan fingerprint density at radius 2 is 1.86 bits per heavy atom. The van der Waals surface area contributed by atoms with Gasteiger partial charge in [-0.15, -0.1) is 10.2 Å².